The van der Waals surface area contributed by atoms with E-state index < -0.39 is 0 Å². The van der Waals surface area contributed by atoms with E-state index >= 15 is 0 Å². The number of halogens is 2. The average molecular weight is 256 g/mol. The van der Waals surface area contributed by atoms with Crippen molar-refractivity contribution in [2.45, 2.75) is 20.0 Å². The fraction of sp³-hybridized carbons (Fsp3) is 0.500. The maximum Gasteiger partial charge on any atom is 0.103 e. The van der Waals surface area contributed by atoms with Gasteiger partial charge in [0.15, 0.2) is 0 Å². The van der Waals surface area contributed by atoms with E-state index in [4.69, 9.17) is 21.4 Å². The van der Waals surface area contributed by atoms with Crippen molar-refractivity contribution >= 4 is 27.5 Å². The Labute approximate surface area is 86.0 Å². The lowest BCUT2D eigenvalue weighted by atomic mass is 10.3. The van der Waals surface area contributed by atoms with Crippen LogP contribution in [0.1, 0.15) is 13.8 Å². The summed E-state index contributed by atoms with van der Waals surface area (Å²) in [6, 6.07) is 0. The summed E-state index contributed by atoms with van der Waals surface area (Å²) in [5.41, 5.74) is 0. The molecule has 0 aliphatic heterocycles. The fourth-order valence-electron chi connectivity index (χ4n) is 0.455. The number of aliphatic hydroxyl groups excluding tert-OH is 1. The topological polar surface area (TPSA) is 29.5 Å². The van der Waals surface area contributed by atoms with Gasteiger partial charge in [-0.1, -0.05) is 11.6 Å². The lowest BCUT2D eigenvalue weighted by Crippen LogP contribution is -2.04. The molecule has 0 radical (unpaired) electrons. The molecular weight excluding hydrogens is 243 g/mol. The number of ether oxygens (including phenoxy) is 1. The van der Waals surface area contributed by atoms with Crippen LogP contribution in [0.2, 0.25) is 0 Å². The van der Waals surface area contributed by atoms with Crippen molar-refractivity contribution in [1.29, 1.82) is 0 Å². The van der Waals surface area contributed by atoms with Gasteiger partial charge >= 0.3 is 0 Å². The van der Waals surface area contributed by atoms with E-state index in [1.807, 2.05) is 6.92 Å². The molecule has 12 heavy (non-hydrogen) atoms. The van der Waals surface area contributed by atoms with Gasteiger partial charge < -0.3 is 9.84 Å². The monoisotopic (exact) mass is 254 g/mol. The minimum Gasteiger partial charge on any atom is -0.511 e. The zero-order chi connectivity index (χ0) is 9.72. The van der Waals surface area contributed by atoms with E-state index in [-0.39, 0.29) is 11.9 Å². The summed E-state index contributed by atoms with van der Waals surface area (Å²) in [5.74, 6) is 0.191. The fourth-order valence-corrected chi connectivity index (χ4v) is 1.03. The Kier molecular flexibility index (Phi) is 5.63. The zero-order valence-corrected chi connectivity index (χ0v) is 9.61. The number of hydrogen-bond acceptors (Lipinski definition) is 2. The highest BCUT2D eigenvalue weighted by Gasteiger charge is 2.04. The standard InChI is InChI=1S/C8H12BrClO2/c1-5(11)7(9)4-8(10)6(2)12-3/h4,6,11H,1-3H3/b7-5-,8-4-. The minimum absolute atomic E-state index is 0.154. The van der Waals surface area contributed by atoms with Crippen LogP contribution in [0.25, 0.3) is 0 Å². The predicted octanol–water partition coefficient (Wildman–Crippen LogP) is 3.33. The second-order valence-electron chi connectivity index (χ2n) is 2.34. The van der Waals surface area contributed by atoms with E-state index in [1.54, 1.807) is 20.1 Å². The van der Waals surface area contributed by atoms with Crippen LogP contribution in [0.5, 0.6) is 0 Å². The van der Waals surface area contributed by atoms with Gasteiger partial charge in [0.2, 0.25) is 0 Å². The molecule has 0 heterocycles. The van der Waals surface area contributed by atoms with Crippen LogP contribution < -0.4 is 0 Å². The molecule has 0 aromatic rings. The van der Waals surface area contributed by atoms with Crippen LogP contribution in [0.4, 0.5) is 0 Å². The second-order valence-corrected chi connectivity index (χ2v) is 3.63. The van der Waals surface area contributed by atoms with E-state index in [0.29, 0.717) is 9.51 Å². The lowest BCUT2D eigenvalue weighted by Gasteiger charge is -2.07. The van der Waals surface area contributed by atoms with Gasteiger partial charge in [-0.15, -0.1) is 0 Å². The van der Waals surface area contributed by atoms with Crippen molar-refractivity contribution in [3.8, 4) is 0 Å². The Morgan fingerprint density at radius 1 is 1.67 bits per heavy atom. The molecule has 0 bridgehead atoms. The van der Waals surface area contributed by atoms with Crippen LogP contribution in [-0.4, -0.2) is 18.3 Å². The van der Waals surface area contributed by atoms with Gasteiger partial charge in [0, 0.05) is 12.1 Å². The molecule has 1 atom stereocenters. The van der Waals surface area contributed by atoms with Gasteiger partial charge in [-0.3, -0.25) is 0 Å². The molecule has 0 spiro atoms. The molecule has 0 amide bonds. The summed E-state index contributed by atoms with van der Waals surface area (Å²) < 4.78 is 5.53. The van der Waals surface area contributed by atoms with Gasteiger partial charge in [-0.05, 0) is 35.9 Å². The van der Waals surface area contributed by atoms with Crippen molar-refractivity contribution in [2.24, 2.45) is 0 Å². The van der Waals surface area contributed by atoms with Gasteiger partial charge in [-0.25, -0.2) is 0 Å². The summed E-state index contributed by atoms with van der Waals surface area (Å²) in [6.07, 6.45) is 1.46. The molecule has 0 saturated heterocycles. The van der Waals surface area contributed by atoms with E-state index in [0.717, 1.165) is 0 Å². The Hall–Kier alpha value is 0.01000. The molecule has 1 unspecified atom stereocenters. The quantitative estimate of drug-likeness (QED) is 0.619. The number of methoxy groups -OCH3 is 1. The van der Waals surface area contributed by atoms with Gasteiger partial charge in [-0.2, -0.15) is 0 Å². The van der Waals surface area contributed by atoms with Crippen molar-refractivity contribution in [1.82, 2.24) is 0 Å². The largest absolute Gasteiger partial charge is 0.511 e. The molecule has 2 nitrogen and oxygen atoms in total. The summed E-state index contributed by atoms with van der Waals surface area (Å²) >= 11 is 8.98. The molecule has 1 N–H and O–H groups in total. The highest BCUT2D eigenvalue weighted by atomic mass is 79.9. The van der Waals surface area contributed by atoms with Crippen molar-refractivity contribution in [3.05, 3.63) is 21.3 Å². The van der Waals surface area contributed by atoms with Crippen LogP contribution in [0.15, 0.2) is 21.3 Å². The molecule has 4 heteroatoms. The van der Waals surface area contributed by atoms with Gasteiger partial charge in [0.05, 0.1) is 10.6 Å². The maximum absolute atomic E-state index is 9.01. The molecule has 70 valence electrons. The molecule has 0 aliphatic carbocycles. The molecule has 0 aromatic carbocycles. The maximum atomic E-state index is 9.01. The highest BCUT2D eigenvalue weighted by Crippen LogP contribution is 2.19. The Morgan fingerprint density at radius 3 is 2.50 bits per heavy atom. The first-order chi connectivity index (χ1) is 5.49. The summed E-state index contributed by atoms with van der Waals surface area (Å²) in [5, 5.41) is 9.55. The summed E-state index contributed by atoms with van der Waals surface area (Å²) in [6.45, 7) is 3.40. The van der Waals surface area contributed by atoms with Crippen molar-refractivity contribution in [2.75, 3.05) is 7.11 Å². The van der Waals surface area contributed by atoms with Gasteiger partial charge in [0.25, 0.3) is 0 Å². The van der Waals surface area contributed by atoms with Crippen molar-refractivity contribution in [3.63, 3.8) is 0 Å². The lowest BCUT2D eigenvalue weighted by molar-refractivity contribution is 0.153. The Morgan fingerprint density at radius 2 is 2.17 bits per heavy atom. The minimum atomic E-state index is -0.154. The van der Waals surface area contributed by atoms with E-state index in [9.17, 15) is 0 Å². The van der Waals surface area contributed by atoms with Crippen molar-refractivity contribution < 1.29 is 9.84 Å². The van der Waals surface area contributed by atoms with E-state index in [1.165, 1.54) is 0 Å². The first-order valence-corrected chi connectivity index (χ1v) is 4.61. The molecule has 0 saturated carbocycles. The Balaban J connectivity index is 4.46. The summed E-state index contributed by atoms with van der Waals surface area (Å²) in [7, 11) is 1.57. The van der Waals surface area contributed by atoms with Crippen LogP contribution in [0.3, 0.4) is 0 Å². The molecular formula is C8H12BrClO2. The third kappa shape index (κ3) is 4.14. The molecule has 0 fully saturated rings. The van der Waals surface area contributed by atoms with Gasteiger partial charge in [0.1, 0.15) is 5.76 Å². The highest BCUT2D eigenvalue weighted by molar-refractivity contribution is 9.11. The Bertz CT molecular complexity index is 207. The molecule has 0 rings (SSSR count). The van der Waals surface area contributed by atoms with Crippen LogP contribution >= 0.6 is 27.5 Å². The first kappa shape index (κ1) is 12.0. The average Bonchev–Trinajstić information content (AvgIpc) is 2.02. The van der Waals surface area contributed by atoms with E-state index in [2.05, 4.69) is 15.9 Å². The second kappa shape index (κ2) is 5.62. The van der Waals surface area contributed by atoms with Crippen LogP contribution in [0, 0.1) is 0 Å². The third-order valence-corrected chi connectivity index (χ3v) is 2.57. The predicted molar refractivity (Wildman–Crippen MR) is 54.7 cm³/mol. The summed E-state index contributed by atoms with van der Waals surface area (Å²) in [4.78, 5) is 0. The first-order valence-electron chi connectivity index (χ1n) is 3.44. The number of rotatable bonds is 3. The number of allylic oxidation sites excluding steroid dienone is 3. The molecule has 0 aromatic heterocycles. The number of hydrogen-bond donors (Lipinski definition) is 1. The SMILES string of the molecule is COC(C)/C(Cl)=C/C(Br)=C(\C)O. The smallest absolute Gasteiger partial charge is 0.103 e. The van der Waals surface area contributed by atoms with Crippen LogP contribution in [-0.2, 0) is 4.74 Å². The number of aliphatic hydroxyl groups is 1. The normalized spacial score (nSPS) is 17.2. The zero-order valence-electron chi connectivity index (χ0n) is 7.27. The third-order valence-electron chi connectivity index (χ3n) is 1.35. The molecule has 0 aliphatic rings.